The first-order chi connectivity index (χ1) is 9.28. The van der Waals surface area contributed by atoms with Crippen LogP contribution in [0.15, 0.2) is 47.1 Å². The summed E-state index contributed by atoms with van der Waals surface area (Å²) in [6.07, 6.45) is 1.55. The van der Waals surface area contributed by atoms with Crippen LogP contribution in [-0.2, 0) is 11.3 Å². The van der Waals surface area contributed by atoms with Crippen LogP contribution in [-0.4, -0.2) is 12.5 Å². The summed E-state index contributed by atoms with van der Waals surface area (Å²) < 4.78 is 10.4. The minimum absolute atomic E-state index is 0.102. The molecule has 0 radical (unpaired) electrons. The van der Waals surface area contributed by atoms with E-state index in [9.17, 15) is 4.79 Å². The number of rotatable bonds is 5. The Bertz CT molecular complexity index is 585. The molecule has 1 aromatic carbocycles. The van der Waals surface area contributed by atoms with Gasteiger partial charge in [-0.1, -0.05) is 6.07 Å². The van der Waals surface area contributed by atoms with Gasteiger partial charge < -0.3 is 14.5 Å². The van der Waals surface area contributed by atoms with Crippen LogP contribution in [0.25, 0.3) is 0 Å². The van der Waals surface area contributed by atoms with Crippen molar-refractivity contribution in [2.45, 2.75) is 6.54 Å². The maximum atomic E-state index is 11.5. The highest BCUT2D eigenvalue weighted by Gasteiger charge is 2.04. The van der Waals surface area contributed by atoms with Gasteiger partial charge in [0.25, 0.3) is 5.91 Å². The lowest BCUT2D eigenvalue weighted by Gasteiger charge is -2.06. The number of ether oxygens (including phenoxy) is 1. The zero-order valence-corrected chi connectivity index (χ0v) is 10.1. The SMILES string of the molecule is N#Cc1cccc(OCC(=O)NCc2ccco2)c1. The van der Waals surface area contributed by atoms with Crippen molar-refractivity contribution in [3.8, 4) is 11.8 Å². The van der Waals surface area contributed by atoms with Crippen LogP contribution in [0.2, 0.25) is 0 Å². The number of furan rings is 1. The van der Waals surface area contributed by atoms with Crippen molar-refractivity contribution in [1.29, 1.82) is 5.26 Å². The zero-order chi connectivity index (χ0) is 13.5. The second kappa shape index (κ2) is 6.26. The van der Waals surface area contributed by atoms with Crippen LogP contribution in [0, 0.1) is 11.3 Å². The second-order valence-corrected chi connectivity index (χ2v) is 3.78. The predicted molar refractivity (Wildman–Crippen MR) is 67.2 cm³/mol. The van der Waals surface area contributed by atoms with E-state index >= 15 is 0 Å². The van der Waals surface area contributed by atoms with Gasteiger partial charge in [0.05, 0.1) is 24.4 Å². The van der Waals surface area contributed by atoms with Gasteiger partial charge in [0.15, 0.2) is 6.61 Å². The molecule has 1 amide bonds. The van der Waals surface area contributed by atoms with Gasteiger partial charge in [-0.3, -0.25) is 4.79 Å². The molecular weight excluding hydrogens is 244 g/mol. The van der Waals surface area contributed by atoms with Crippen LogP contribution < -0.4 is 10.1 Å². The molecule has 2 aromatic rings. The summed E-state index contributed by atoms with van der Waals surface area (Å²) >= 11 is 0. The molecule has 19 heavy (non-hydrogen) atoms. The van der Waals surface area contributed by atoms with E-state index in [1.165, 1.54) is 0 Å². The minimum Gasteiger partial charge on any atom is -0.484 e. The first-order valence-corrected chi connectivity index (χ1v) is 5.70. The number of carbonyl (C=O) groups excluding carboxylic acids is 1. The molecule has 0 aliphatic heterocycles. The van der Waals surface area contributed by atoms with Crippen molar-refractivity contribution in [1.82, 2.24) is 5.32 Å². The molecule has 2 rings (SSSR count). The highest BCUT2D eigenvalue weighted by atomic mass is 16.5. The van der Waals surface area contributed by atoms with Gasteiger partial charge in [0.2, 0.25) is 0 Å². The molecule has 96 valence electrons. The average molecular weight is 256 g/mol. The number of amides is 1. The molecule has 0 saturated heterocycles. The summed E-state index contributed by atoms with van der Waals surface area (Å²) in [4.78, 5) is 11.5. The summed E-state index contributed by atoms with van der Waals surface area (Å²) in [5.41, 5.74) is 0.494. The molecule has 0 aliphatic rings. The largest absolute Gasteiger partial charge is 0.484 e. The molecule has 0 spiro atoms. The number of carbonyl (C=O) groups is 1. The molecule has 1 heterocycles. The highest BCUT2D eigenvalue weighted by molar-refractivity contribution is 5.77. The Kier molecular flexibility index (Phi) is 4.19. The van der Waals surface area contributed by atoms with E-state index in [2.05, 4.69) is 5.32 Å². The number of nitrogens with one attached hydrogen (secondary N) is 1. The van der Waals surface area contributed by atoms with Crippen molar-refractivity contribution in [2.24, 2.45) is 0 Å². The molecule has 0 bridgehead atoms. The number of hydrogen-bond acceptors (Lipinski definition) is 4. The van der Waals surface area contributed by atoms with Crippen LogP contribution in [0.4, 0.5) is 0 Å². The van der Waals surface area contributed by atoms with Gasteiger partial charge in [-0.15, -0.1) is 0 Å². The average Bonchev–Trinajstić information content (AvgIpc) is 2.96. The van der Waals surface area contributed by atoms with Crippen molar-refractivity contribution >= 4 is 5.91 Å². The lowest BCUT2D eigenvalue weighted by Crippen LogP contribution is -2.28. The van der Waals surface area contributed by atoms with E-state index in [1.807, 2.05) is 6.07 Å². The van der Waals surface area contributed by atoms with E-state index in [1.54, 1.807) is 42.7 Å². The van der Waals surface area contributed by atoms with E-state index in [0.29, 0.717) is 23.6 Å². The molecule has 1 N–H and O–H groups in total. The van der Waals surface area contributed by atoms with E-state index in [-0.39, 0.29) is 12.5 Å². The van der Waals surface area contributed by atoms with Gasteiger partial charge in [-0.25, -0.2) is 0 Å². The van der Waals surface area contributed by atoms with Gasteiger partial charge in [-0.2, -0.15) is 5.26 Å². The maximum absolute atomic E-state index is 11.5. The van der Waals surface area contributed by atoms with E-state index in [0.717, 1.165) is 0 Å². The molecule has 1 aromatic heterocycles. The third-order valence-electron chi connectivity index (χ3n) is 2.37. The monoisotopic (exact) mass is 256 g/mol. The lowest BCUT2D eigenvalue weighted by molar-refractivity contribution is -0.123. The lowest BCUT2D eigenvalue weighted by atomic mass is 10.2. The summed E-state index contributed by atoms with van der Waals surface area (Å²) in [6, 6.07) is 12.2. The Morgan fingerprint density at radius 3 is 3.00 bits per heavy atom. The number of nitriles is 1. The molecule has 0 unspecified atom stereocenters. The van der Waals surface area contributed by atoms with Crippen LogP contribution in [0.1, 0.15) is 11.3 Å². The molecular formula is C14H12N2O3. The number of nitrogens with zero attached hydrogens (tertiary/aromatic N) is 1. The van der Waals surface area contributed by atoms with Crippen molar-refractivity contribution in [2.75, 3.05) is 6.61 Å². The van der Waals surface area contributed by atoms with Crippen LogP contribution in [0.5, 0.6) is 5.75 Å². The molecule has 5 heteroatoms. The Morgan fingerprint density at radius 1 is 1.37 bits per heavy atom. The third-order valence-corrected chi connectivity index (χ3v) is 2.37. The molecule has 0 fully saturated rings. The molecule has 0 aliphatic carbocycles. The fourth-order valence-electron chi connectivity index (χ4n) is 1.45. The summed E-state index contributed by atoms with van der Waals surface area (Å²) in [5.74, 6) is 0.922. The van der Waals surface area contributed by atoms with Crippen molar-refractivity contribution < 1.29 is 13.9 Å². The second-order valence-electron chi connectivity index (χ2n) is 3.78. The topological polar surface area (TPSA) is 75.3 Å². The smallest absolute Gasteiger partial charge is 0.258 e. The molecule has 5 nitrogen and oxygen atoms in total. The number of benzene rings is 1. The summed E-state index contributed by atoms with van der Waals surface area (Å²) in [6.45, 7) is 0.225. The van der Waals surface area contributed by atoms with Crippen molar-refractivity contribution in [3.05, 3.63) is 54.0 Å². The molecule has 0 atom stereocenters. The van der Waals surface area contributed by atoms with E-state index < -0.39 is 0 Å². The first-order valence-electron chi connectivity index (χ1n) is 5.70. The Hall–Kier alpha value is -2.74. The Labute approximate surface area is 110 Å². The minimum atomic E-state index is -0.251. The Morgan fingerprint density at radius 2 is 2.26 bits per heavy atom. The summed E-state index contributed by atoms with van der Waals surface area (Å²) in [7, 11) is 0. The Balaban J connectivity index is 1.78. The van der Waals surface area contributed by atoms with Gasteiger partial charge >= 0.3 is 0 Å². The normalized spacial score (nSPS) is 9.63. The van der Waals surface area contributed by atoms with Gasteiger partial charge in [-0.05, 0) is 30.3 Å². The summed E-state index contributed by atoms with van der Waals surface area (Å²) in [5, 5.41) is 11.4. The fourth-order valence-corrected chi connectivity index (χ4v) is 1.45. The van der Waals surface area contributed by atoms with Crippen LogP contribution >= 0.6 is 0 Å². The van der Waals surface area contributed by atoms with Crippen LogP contribution in [0.3, 0.4) is 0 Å². The predicted octanol–water partition coefficient (Wildman–Crippen LogP) is 1.85. The van der Waals surface area contributed by atoms with E-state index in [4.69, 9.17) is 14.4 Å². The quantitative estimate of drug-likeness (QED) is 0.885. The standard InChI is InChI=1S/C14H12N2O3/c15-8-11-3-1-4-12(7-11)19-10-14(17)16-9-13-5-2-6-18-13/h1-7H,9-10H2,(H,16,17). The zero-order valence-electron chi connectivity index (χ0n) is 10.1. The first kappa shape index (κ1) is 12.7. The number of hydrogen-bond donors (Lipinski definition) is 1. The van der Waals surface area contributed by atoms with Gasteiger partial charge in [0, 0.05) is 0 Å². The maximum Gasteiger partial charge on any atom is 0.258 e. The molecule has 0 saturated carbocycles. The third kappa shape index (κ3) is 3.89. The highest BCUT2D eigenvalue weighted by Crippen LogP contribution is 2.12. The fraction of sp³-hybridized carbons (Fsp3) is 0.143. The van der Waals surface area contributed by atoms with Crippen molar-refractivity contribution in [3.63, 3.8) is 0 Å². The van der Waals surface area contributed by atoms with Gasteiger partial charge in [0.1, 0.15) is 11.5 Å².